The largest absolute Gasteiger partial charge is 0.352 e. The molecule has 1 N–H and O–H groups in total. The second-order valence-corrected chi connectivity index (χ2v) is 3.10. The smallest absolute Gasteiger partial charge is 0.246 e. The Labute approximate surface area is 75.0 Å². The van der Waals surface area contributed by atoms with Crippen LogP contribution < -0.4 is 5.32 Å². The van der Waals surface area contributed by atoms with E-state index in [4.69, 9.17) is 0 Å². The molecule has 2 nitrogen and oxygen atoms in total. The molecule has 0 heterocycles. The van der Waals surface area contributed by atoms with E-state index in [0.717, 1.165) is 13.0 Å². The Morgan fingerprint density at radius 1 is 1.33 bits per heavy atom. The topological polar surface area (TPSA) is 29.1 Å². The molecule has 0 saturated carbocycles. The van der Waals surface area contributed by atoms with Gasteiger partial charge < -0.3 is 5.32 Å². The summed E-state index contributed by atoms with van der Waals surface area (Å²) in [6.45, 7) is 8.24. The fraction of sp³-hybridized carbons (Fsp3) is 0.700. The Morgan fingerprint density at radius 3 is 2.50 bits per heavy atom. The van der Waals surface area contributed by atoms with Crippen LogP contribution in [0.2, 0.25) is 0 Å². The molecule has 0 aliphatic carbocycles. The lowest BCUT2D eigenvalue weighted by atomic mass is 10.2. The lowest BCUT2D eigenvalue weighted by molar-refractivity contribution is -0.117. The summed E-state index contributed by atoms with van der Waals surface area (Å²) in [6, 6.07) is 0. The maximum atomic E-state index is 11.0. The van der Waals surface area contributed by atoms with Crippen molar-refractivity contribution in [3.63, 3.8) is 0 Å². The van der Waals surface area contributed by atoms with Crippen LogP contribution in [0.4, 0.5) is 0 Å². The number of hydrogen-bond donors (Lipinski definition) is 1. The van der Waals surface area contributed by atoms with E-state index in [1.807, 2.05) is 0 Å². The Balaban J connectivity index is 3.20. The lowest BCUT2D eigenvalue weighted by Crippen LogP contribution is -2.24. The van der Waals surface area contributed by atoms with Gasteiger partial charge in [0.05, 0.1) is 0 Å². The van der Waals surface area contributed by atoms with Gasteiger partial charge >= 0.3 is 0 Å². The number of carbonyl (C=O) groups excluding carboxylic acids is 1. The van der Waals surface area contributed by atoms with Crippen molar-refractivity contribution >= 4 is 5.91 Å². The minimum absolute atomic E-state index is 0.0218. The lowest BCUT2D eigenvalue weighted by Gasteiger charge is -2.03. The summed E-state index contributed by atoms with van der Waals surface area (Å²) in [7, 11) is 0. The van der Waals surface area contributed by atoms with Gasteiger partial charge in [-0.1, -0.05) is 32.8 Å². The van der Waals surface area contributed by atoms with Gasteiger partial charge in [0.25, 0.3) is 0 Å². The highest BCUT2D eigenvalue weighted by molar-refractivity contribution is 5.91. The van der Waals surface area contributed by atoms with Crippen molar-refractivity contribution in [2.24, 2.45) is 0 Å². The molecule has 70 valence electrons. The minimum Gasteiger partial charge on any atom is -0.352 e. The van der Waals surface area contributed by atoms with Crippen molar-refractivity contribution in [2.75, 3.05) is 6.54 Å². The predicted octanol–water partition coefficient (Wildman–Crippen LogP) is 2.26. The Morgan fingerprint density at radius 2 is 2.00 bits per heavy atom. The summed E-state index contributed by atoms with van der Waals surface area (Å²) in [5, 5.41) is 2.80. The van der Waals surface area contributed by atoms with Crippen molar-refractivity contribution in [3.8, 4) is 0 Å². The van der Waals surface area contributed by atoms with E-state index in [1.54, 1.807) is 6.92 Å². The molecule has 0 spiro atoms. The van der Waals surface area contributed by atoms with Crippen LogP contribution >= 0.6 is 0 Å². The van der Waals surface area contributed by atoms with Gasteiger partial charge in [0.2, 0.25) is 5.91 Å². The van der Waals surface area contributed by atoms with Crippen molar-refractivity contribution in [1.29, 1.82) is 0 Å². The van der Waals surface area contributed by atoms with Crippen LogP contribution in [-0.2, 0) is 4.79 Å². The van der Waals surface area contributed by atoms with Gasteiger partial charge in [0.15, 0.2) is 0 Å². The number of hydrogen-bond acceptors (Lipinski definition) is 1. The fourth-order valence-corrected chi connectivity index (χ4v) is 0.905. The van der Waals surface area contributed by atoms with Crippen LogP contribution in [0.15, 0.2) is 12.2 Å². The Bertz CT molecular complexity index is 152. The summed E-state index contributed by atoms with van der Waals surface area (Å²) in [4.78, 5) is 11.0. The average Bonchev–Trinajstić information content (AvgIpc) is 2.03. The average molecular weight is 169 g/mol. The van der Waals surface area contributed by atoms with Gasteiger partial charge in [-0.2, -0.15) is 0 Å². The predicted molar refractivity (Wildman–Crippen MR) is 52.0 cm³/mol. The van der Waals surface area contributed by atoms with Crippen LogP contribution in [0.5, 0.6) is 0 Å². The highest BCUT2D eigenvalue weighted by Crippen LogP contribution is 1.97. The second kappa shape index (κ2) is 6.89. The molecule has 1 amide bonds. The van der Waals surface area contributed by atoms with Gasteiger partial charge in [-0.05, 0) is 13.3 Å². The zero-order chi connectivity index (χ0) is 9.40. The molecule has 0 radical (unpaired) electrons. The first kappa shape index (κ1) is 11.2. The van der Waals surface area contributed by atoms with Gasteiger partial charge in [-0.15, -0.1) is 0 Å². The first-order valence-corrected chi connectivity index (χ1v) is 4.62. The minimum atomic E-state index is -0.0218. The van der Waals surface area contributed by atoms with Crippen molar-refractivity contribution in [2.45, 2.75) is 39.5 Å². The quantitative estimate of drug-likeness (QED) is 0.479. The maximum absolute atomic E-state index is 11.0. The number of nitrogens with one attached hydrogen (secondary N) is 1. The zero-order valence-corrected chi connectivity index (χ0v) is 8.15. The van der Waals surface area contributed by atoms with Crippen molar-refractivity contribution < 1.29 is 4.79 Å². The van der Waals surface area contributed by atoms with E-state index >= 15 is 0 Å². The van der Waals surface area contributed by atoms with Crippen LogP contribution in [0.3, 0.4) is 0 Å². The standard InChI is InChI=1S/C10H19NO/c1-4-5-6-7-8-11-10(12)9(2)3/h2,4-8H2,1,3H3,(H,11,12). The first-order valence-electron chi connectivity index (χ1n) is 4.62. The molecule has 12 heavy (non-hydrogen) atoms. The first-order chi connectivity index (χ1) is 5.68. The van der Waals surface area contributed by atoms with E-state index in [2.05, 4.69) is 18.8 Å². The van der Waals surface area contributed by atoms with Gasteiger partial charge in [-0.3, -0.25) is 4.79 Å². The molecule has 0 aliphatic heterocycles. The Hall–Kier alpha value is -0.790. The summed E-state index contributed by atoms with van der Waals surface area (Å²) in [6.07, 6.45) is 4.76. The van der Waals surface area contributed by atoms with Crippen LogP contribution in [0.25, 0.3) is 0 Å². The van der Waals surface area contributed by atoms with Crippen molar-refractivity contribution in [3.05, 3.63) is 12.2 Å². The maximum Gasteiger partial charge on any atom is 0.246 e. The van der Waals surface area contributed by atoms with E-state index in [1.165, 1.54) is 19.3 Å². The SMILES string of the molecule is C=C(C)C(=O)NCCCCCC. The highest BCUT2D eigenvalue weighted by Gasteiger charge is 1.98. The second-order valence-electron chi connectivity index (χ2n) is 3.10. The number of amides is 1. The van der Waals surface area contributed by atoms with Crippen molar-refractivity contribution in [1.82, 2.24) is 5.32 Å². The van der Waals surface area contributed by atoms with Crippen LogP contribution in [0.1, 0.15) is 39.5 Å². The molecule has 0 aromatic rings. The fourth-order valence-electron chi connectivity index (χ4n) is 0.905. The zero-order valence-electron chi connectivity index (χ0n) is 8.15. The molecule has 0 aliphatic rings. The normalized spacial score (nSPS) is 9.50. The van der Waals surface area contributed by atoms with Crippen LogP contribution in [0, 0.1) is 0 Å². The van der Waals surface area contributed by atoms with E-state index in [-0.39, 0.29) is 5.91 Å². The third-order valence-corrected chi connectivity index (χ3v) is 1.70. The number of unbranched alkanes of at least 4 members (excludes halogenated alkanes) is 3. The molecule has 0 aromatic carbocycles. The molecule has 0 fully saturated rings. The Kier molecular flexibility index (Phi) is 6.44. The molecular formula is C10H19NO. The molecular weight excluding hydrogens is 150 g/mol. The summed E-state index contributed by atoms with van der Waals surface area (Å²) in [5.41, 5.74) is 0.588. The highest BCUT2D eigenvalue weighted by atomic mass is 16.1. The molecule has 0 bridgehead atoms. The molecule has 0 saturated heterocycles. The van der Waals surface area contributed by atoms with E-state index < -0.39 is 0 Å². The third-order valence-electron chi connectivity index (χ3n) is 1.70. The third kappa shape index (κ3) is 5.96. The molecule has 0 rings (SSSR count). The molecule has 0 atom stereocenters. The van der Waals surface area contributed by atoms with Crippen LogP contribution in [-0.4, -0.2) is 12.5 Å². The number of carbonyl (C=O) groups is 1. The number of rotatable bonds is 6. The van der Waals surface area contributed by atoms with Gasteiger partial charge in [0.1, 0.15) is 0 Å². The molecule has 2 heteroatoms. The molecule has 0 aromatic heterocycles. The molecule has 0 unspecified atom stereocenters. The summed E-state index contributed by atoms with van der Waals surface area (Å²) >= 11 is 0. The van der Waals surface area contributed by atoms with E-state index in [9.17, 15) is 4.79 Å². The van der Waals surface area contributed by atoms with Gasteiger partial charge in [-0.25, -0.2) is 0 Å². The van der Waals surface area contributed by atoms with E-state index in [0.29, 0.717) is 5.57 Å². The monoisotopic (exact) mass is 169 g/mol. The summed E-state index contributed by atoms with van der Waals surface area (Å²) in [5.74, 6) is -0.0218. The van der Waals surface area contributed by atoms with Gasteiger partial charge in [0, 0.05) is 12.1 Å². The summed E-state index contributed by atoms with van der Waals surface area (Å²) < 4.78 is 0.